The van der Waals surface area contributed by atoms with Crippen molar-refractivity contribution in [2.45, 2.75) is 6.92 Å². The quantitative estimate of drug-likeness (QED) is 0.780. The van der Waals surface area contributed by atoms with Crippen LogP contribution in [-0.4, -0.2) is 62.6 Å². The van der Waals surface area contributed by atoms with Crippen LogP contribution in [-0.2, 0) is 9.53 Å². The number of amides is 1. The third-order valence-corrected chi connectivity index (χ3v) is 4.31. The van der Waals surface area contributed by atoms with Crippen molar-refractivity contribution in [3.63, 3.8) is 0 Å². The number of rotatable bonds is 4. The molecular weight excluding hydrogens is 320 g/mol. The van der Waals surface area contributed by atoms with E-state index in [1.54, 1.807) is 17.0 Å². The molecule has 0 unspecified atom stereocenters. The molecule has 1 aromatic carbocycles. The fourth-order valence-electron chi connectivity index (χ4n) is 2.85. The van der Waals surface area contributed by atoms with Gasteiger partial charge in [0.15, 0.2) is 18.1 Å². The minimum absolute atomic E-state index is 0.0575. The van der Waals surface area contributed by atoms with Gasteiger partial charge in [0.1, 0.15) is 0 Å². The smallest absolute Gasteiger partial charge is 0.265 e. The molecule has 23 heavy (non-hydrogen) atoms. The van der Waals surface area contributed by atoms with Gasteiger partial charge in [-0.25, -0.2) is 0 Å². The van der Waals surface area contributed by atoms with Crippen molar-refractivity contribution in [2.24, 2.45) is 0 Å². The summed E-state index contributed by atoms with van der Waals surface area (Å²) in [6, 6.07) is 3.26. The van der Waals surface area contributed by atoms with Gasteiger partial charge in [0.05, 0.1) is 24.5 Å². The van der Waals surface area contributed by atoms with E-state index in [0.29, 0.717) is 41.8 Å². The number of halogens is 1. The zero-order chi connectivity index (χ0) is 16.4. The highest BCUT2D eigenvalue weighted by molar-refractivity contribution is 6.31. The van der Waals surface area contributed by atoms with Gasteiger partial charge in [-0.3, -0.25) is 14.5 Å². The van der Waals surface area contributed by atoms with Crippen LogP contribution in [0.4, 0.5) is 5.69 Å². The highest BCUT2D eigenvalue weighted by Gasteiger charge is 2.29. The Morgan fingerprint density at radius 1 is 1.26 bits per heavy atom. The van der Waals surface area contributed by atoms with Crippen LogP contribution in [0, 0.1) is 0 Å². The molecule has 6 nitrogen and oxygen atoms in total. The summed E-state index contributed by atoms with van der Waals surface area (Å²) in [5.41, 5.74) is 0.989. The first-order chi connectivity index (χ1) is 11.1. The molecule has 7 heteroatoms. The van der Waals surface area contributed by atoms with Gasteiger partial charge < -0.3 is 14.4 Å². The largest absolute Gasteiger partial charge is 0.481 e. The number of carbonyl (C=O) groups excluding carboxylic acids is 2. The molecule has 3 rings (SSSR count). The van der Waals surface area contributed by atoms with E-state index in [4.69, 9.17) is 21.1 Å². The van der Waals surface area contributed by atoms with Crippen molar-refractivity contribution in [3.8, 4) is 5.75 Å². The number of carbonyl (C=O) groups is 2. The molecule has 0 spiro atoms. The maximum Gasteiger partial charge on any atom is 0.265 e. The van der Waals surface area contributed by atoms with Crippen LogP contribution in [0.5, 0.6) is 5.75 Å². The van der Waals surface area contributed by atoms with Crippen molar-refractivity contribution in [2.75, 3.05) is 50.9 Å². The summed E-state index contributed by atoms with van der Waals surface area (Å²) in [5.74, 6) is 0.192. The predicted molar refractivity (Wildman–Crippen MR) is 86.6 cm³/mol. The molecule has 1 amide bonds. The molecule has 0 aromatic heterocycles. The molecule has 0 saturated carbocycles. The number of hydrogen-bond acceptors (Lipinski definition) is 5. The number of anilines is 1. The Bertz CT molecular complexity index is 629. The SMILES string of the molecule is CC(=O)c1cc(Cl)cc2c1OCC(=O)N2CCN1CCOCC1. The van der Waals surface area contributed by atoms with E-state index in [1.807, 2.05) is 0 Å². The highest BCUT2D eigenvalue weighted by Crippen LogP contribution is 2.38. The van der Waals surface area contributed by atoms with Crippen molar-refractivity contribution in [1.82, 2.24) is 4.90 Å². The van der Waals surface area contributed by atoms with Crippen LogP contribution in [0.1, 0.15) is 17.3 Å². The van der Waals surface area contributed by atoms with Crippen LogP contribution in [0.15, 0.2) is 12.1 Å². The molecular formula is C16H19ClN2O4. The number of fused-ring (bicyclic) bond motifs is 1. The number of Topliss-reactive ketones (excluding diaryl/α,β-unsaturated/α-hetero) is 1. The first-order valence-electron chi connectivity index (χ1n) is 7.64. The number of ether oxygens (including phenoxy) is 2. The summed E-state index contributed by atoms with van der Waals surface area (Å²) in [4.78, 5) is 28.0. The van der Waals surface area contributed by atoms with Gasteiger partial charge in [-0.1, -0.05) is 11.6 Å². The van der Waals surface area contributed by atoms with Crippen LogP contribution < -0.4 is 9.64 Å². The molecule has 0 aliphatic carbocycles. The summed E-state index contributed by atoms with van der Waals surface area (Å²) in [5, 5.41) is 0.420. The Morgan fingerprint density at radius 3 is 2.70 bits per heavy atom. The fraction of sp³-hybridized carbons (Fsp3) is 0.500. The predicted octanol–water partition coefficient (Wildman–Crippen LogP) is 1.60. The second-order valence-electron chi connectivity index (χ2n) is 5.65. The molecule has 0 radical (unpaired) electrons. The van der Waals surface area contributed by atoms with Crippen molar-refractivity contribution in [3.05, 3.63) is 22.7 Å². The van der Waals surface area contributed by atoms with Gasteiger partial charge >= 0.3 is 0 Å². The second kappa shape index (κ2) is 6.86. The molecule has 0 atom stereocenters. The van der Waals surface area contributed by atoms with Gasteiger partial charge in [-0.15, -0.1) is 0 Å². The van der Waals surface area contributed by atoms with Gasteiger partial charge in [0, 0.05) is 31.2 Å². The number of benzene rings is 1. The second-order valence-corrected chi connectivity index (χ2v) is 6.08. The molecule has 2 aliphatic rings. The Hall–Kier alpha value is -1.63. The lowest BCUT2D eigenvalue weighted by Crippen LogP contribution is -2.46. The van der Waals surface area contributed by atoms with Crippen molar-refractivity contribution in [1.29, 1.82) is 0 Å². The zero-order valence-corrected chi connectivity index (χ0v) is 13.8. The van der Waals surface area contributed by atoms with Crippen LogP contribution in [0.3, 0.4) is 0 Å². The Kier molecular flexibility index (Phi) is 4.84. The van der Waals surface area contributed by atoms with E-state index in [9.17, 15) is 9.59 Å². The first-order valence-corrected chi connectivity index (χ1v) is 8.02. The van der Waals surface area contributed by atoms with Crippen molar-refractivity contribution < 1.29 is 19.1 Å². The lowest BCUT2D eigenvalue weighted by Gasteiger charge is -2.33. The van der Waals surface area contributed by atoms with Crippen molar-refractivity contribution >= 4 is 29.0 Å². The third-order valence-electron chi connectivity index (χ3n) is 4.09. The van der Waals surface area contributed by atoms with E-state index in [-0.39, 0.29) is 18.3 Å². The minimum atomic E-state index is -0.133. The molecule has 2 heterocycles. The molecule has 124 valence electrons. The van der Waals surface area contributed by atoms with E-state index >= 15 is 0 Å². The monoisotopic (exact) mass is 338 g/mol. The first kappa shape index (κ1) is 16.2. The summed E-state index contributed by atoms with van der Waals surface area (Å²) in [6.45, 7) is 5.84. The molecule has 1 fully saturated rings. The fourth-order valence-corrected chi connectivity index (χ4v) is 3.06. The van der Waals surface area contributed by atoms with E-state index in [1.165, 1.54) is 6.92 Å². The summed E-state index contributed by atoms with van der Waals surface area (Å²) < 4.78 is 10.8. The Balaban J connectivity index is 1.84. The Morgan fingerprint density at radius 2 is 2.00 bits per heavy atom. The van der Waals surface area contributed by atoms with Crippen LogP contribution >= 0.6 is 11.6 Å². The Labute approximate surface area is 139 Å². The maximum atomic E-state index is 12.3. The van der Waals surface area contributed by atoms with E-state index < -0.39 is 0 Å². The number of nitrogens with zero attached hydrogens (tertiary/aromatic N) is 2. The molecule has 1 saturated heterocycles. The normalized spacial score (nSPS) is 18.5. The van der Waals surface area contributed by atoms with Gasteiger partial charge in [0.25, 0.3) is 5.91 Å². The minimum Gasteiger partial charge on any atom is -0.481 e. The molecule has 0 bridgehead atoms. The molecule has 1 aromatic rings. The lowest BCUT2D eigenvalue weighted by molar-refractivity contribution is -0.121. The van der Waals surface area contributed by atoms with E-state index in [0.717, 1.165) is 19.6 Å². The summed E-state index contributed by atoms with van der Waals surface area (Å²) in [6.07, 6.45) is 0. The summed E-state index contributed by atoms with van der Waals surface area (Å²) >= 11 is 6.12. The van der Waals surface area contributed by atoms with E-state index in [2.05, 4.69) is 4.90 Å². The van der Waals surface area contributed by atoms with Crippen LogP contribution in [0.2, 0.25) is 5.02 Å². The van der Waals surface area contributed by atoms with Crippen LogP contribution in [0.25, 0.3) is 0 Å². The standard InChI is InChI=1S/C16H19ClN2O4/c1-11(20)13-8-12(17)9-14-16(13)23-10-15(21)19(14)3-2-18-4-6-22-7-5-18/h8-9H,2-7,10H2,1H3. The lowest BCUT2D eigenvalue weighted by atomic mass is 10.1. The number of morpholine rings is 1. The van der Waals surface area contributed by atoms with Gasteiger partial charge in [-0.05, 0) is 19.1 Å². The maximum absolute atomic E-state index is 12.3. The number of ketones is 1. The molecule has 0 N–H and O–H groups in total. The zero-order valence-electron chi connectivity index (χ0n) is 13.0. The van der Waals surface area contributed by atoms with Gasteiger partial charge in [-0.2, -0.15) is 0 Å². The third kappa shape index (κ3) is 3.49. The van der Waals surface area contributed by atoms with Gasteiger partial charge in [0.2, 0.25) is 0 Å². The molecule has 2 aliphatic heterocycles. The average molecular weight is 339 g/mol. The number of hydrogen-bond donors (Lipinski definition) is 0. The summed E-state index contributed by atoms with van der Waals surface area (Å²) in [7, 11) is 0. The topological polar surface area (TPSA) is 59.1 Å². The highest BCUT2D eigenvalue weighted by atomic mass is 35.5. The average Bonchev–Trinajstić information content (AvgIpc) is 2.54.